The minimum atomic E-state index is -0.406. The number of ether oxygens (including phenoxy) is 2. The zero-order chi connectivity index (χ0) is 27.2. The number of nitro groups is 1. The van der Waals surface area contributed by atoms with E-state index in [1.807, 2.05) is 24.3 Å². The molecule has 2 aliphatic heterocycles. The monoisotopic (exact) mass is 528 g/mol. The van der Waals surface area contributed by atoms with Gasteiger partial charge in [-0.05, 0) is 49.5 Å². The number of hydrogen-bond acceptors (Lipinski definition) is 9. The topological polar surface area (TPSA) is 101 Å². The van der Waals surface area contributed by atoms with Crippen LogP contribution in [0.4, 0.5) is 11.4 Å². The molecule has 0 aromatic heterocycles. The minimum Gasteiger partial charge on any atom is -0.492 e. The Morgan fingerprint density at radius 1 is 0.684 bits per heavy atom. The highest BCUT2D eigenvalue weighted by molar-refractivity contribution is 5.41. The number of piperazine rings is 2. The summed E-state index contributed by atoms with van der Waals surface area (Å²) in [4.78, 5) is 19.9. The normalized spacial score (nSPS) is 17.4. The van der Waals surface area contributed by atoms with Crippen molar-refractivity contribution in [2.24, 2.45) is 0 Å². The first-order chi connectivity index (χ1) is 18.5. The molecule has 0 spiro atoms. The van der Waals surface area contributed by atoms with Gasteiger partial charge in [-0.3, -0.25) is 19.9 Å². The van der Waals surface area contributed by atoms with Gasteiger partial charge < -0.3 is 25.0 Å². The van der Waals surface area contributed by atoms with Crippen LogP contribution >= 0.6 is 0 Å². The van der Waals surface area contributed by atoms with Crippen molar-refractivity contribution in [1.82, 2.24) is 19.6 Å². The number of anilines is 1. The average Bonchev–Trinajstić information content (AvgIpc) is 2.95. The molecule has 4 rings (SSSR count). The number of rotatable bonds is 11. The van der Waals surface area contributed by atoms with Crippen LogP contribution in [0.3, 0.4) is 0 Å². The van der Waals surface area contributed by atoms with Gasteiger partial charge >= 0.3 is 0 Å². The third-order valence-corrected chi connectivity index (χ3v) is 7.10. The Morgan fingerprint density at radius 3 is 1.42 bits per heavy atom. The lowest BCUT2D eigenvalue weighted by atomic mass is 10.3. The van der Waals surface area contributed by atoms with Crippen LogP contribution in [0.15, 0.2) is 48.5 Å². The van der Waals surface area contributed by atoms with Crippen LogP contribution in [-0.4, -0.2) is 116 Å². The Balaban J connectivity index is 0.000000212. The molecule has 210 valence electrons. The fourth-order valence-electron chi connectivity index (χ4n) is 4.47. The number of nitrogen functional groups attached to an aromatic ring is 1. The predicted octanol–water partition coefficient (Wildman–Crippen LogP) is 2.90. The van der Waals surface area contributed by atoms with Crippen molar-refractivity contribution in [3.05, 3.63) is 58.6 Å². The largest absolute Gasteiger partial charge is 0.492 e. The summed E-state index contributed by atoms with van der Waals surface area (Å²) in [6, 6.07) is 13.8. The maximum absolute atomic E-state index is 10.5. The third kappa shape index (κ3) is 10.4. The van der Waals surface area contributed by atoms with E-state index >= 15 is 0 Å². The Bertz CT molecular complexity index is 927. The summed E-state index contributed by atoms with van der Waals surface area (Å²) < 4.78 is 11.3. The lowest BCUT2D eigenvalue weighted by Crippen LogP contribution is -2.47. The first-order valence-electron chi connectivity index (χ1n) is 13.7. The molecule has 0 saturated carbocycles. The van der Waals surface area contributed by atoms with E-state index in [0.29, 0.717) is 12.4 Å². The Hall–Kier alpha value is -2.92. The number of nitro benzene ring substituents is 1. The summed E-state index contributed by atoms with van der Waals surface area (Å²) >= 11 is 0. The predicted molar refractivity (Wildman–Crippen MR) is 152 cm³/mol. The number of nitrogens with zero attached hydrogens (tertiary/aromatic N) is 5. The first-order valence-corrected chi connectivity index (χ1v) is 13.7. The van der Waals surface area contributed by atoms with E-state index in [1.54, 1.807) is 12.1 Å². The SMILES string of the molecule is CCN1CCN(CCOc2ccc(N)cc2)CC1.CCN1CCN(CCOc2ccc([N+](=O)[O-])cc2)CC1. The zero-order valence-electron chi connectivity index (χ0n) is 23.0. The summed E-state index contributed by atoms with van der Waals surface area (Å²) in [7, 11) is 0. The highest BCUT2D eigenvalue weighted by atomic mass is 16.6. The summed E-state index contributed by atoms with van der Waals surface area (Å²) in [5.41, 5.74) is 6.50. The molecular formula is C28H44N6O4. The number of benzene rings is 2. The standard InChI is InChI=1S/C14H21N3O3.C14H23N3O/c1-2-15-7-9-16(10-8-15)11-12-20-14-5-3-13(4-6-14)17(18)19;1-2-16-7-9-17(10-8-16)11-12-18-14-5-3-13(15)4-6-14/h3-6H,2,7-12H2,1H3;3-6H,2,7-12,15H2,1H3. The van der Waals surface area contributed by atoms with Crippen molar-refractivity contribution in [3.8, 4) is 11.5 Å². The van der Waals surface area contributed by atoms with E-state index in [4.69, 9.17) is 15.2 Å². The molecule has 2 aromatic rings. The second kappa shape index (κ2) is 16.1. The summed E-state index contributed by atoms with van der Waals surface area (Å²) in [6.07, 6.45) is 0. The van der Waals surface area contributed by atoms with E-state index in [9.17, 15) is 10.1 Å². The van der Waals surface area contributed by atoms with Crippen molar-refractivity contribution in [3.63, 3.8) is 0 Å². The van der Waals surface area contributed by atoms with Gasteiger partial charge in [0.25, 0.3) is 5.69 Å². The molecule has 2 aromatic carbocycles. The lowest BCUT2D eigenvalue weighted by Gasteiger charge is -2.33. The molecule has 10 nitrogen and oxygen atoms in total. The zero-order valence-corrected chi connectivity index (χ0v) is 23.0. The Labute approximate surface area is 227 Å². The van der Waals surface area contributed by atoms with Crippen molar-refractivity contribution >= 4 is 11.4 Å². The molecule has 0 radical (unpaired) electrons. The van der Waals surface area contributed by atoms with Gasteiger partial charge in [0.15, 0.2) is 0 Å². The van der Waals surface area contributed by atoms with Gasteiger partial charge in [-0.2, -0.15) is 0 Å². The highest BCUT2D eigenvalue weighted by Crippen LogP contribution is 2.17. The van der Waals surface area contributed by atoms with E-state index in [1.165, 1.54) is 25.2 Å². The van der Waals surface area contributed by atoms with Crippen LogP contribution in [0.1, 0.15) is 13.8 Å². The molecule has 2 saturated heterocycles. The second-order valence-electron chi connectivity index (χ2n) is 9.57. The summed E-state index contributed by atoms with van der Waals surface area (Å²) in [5.74, 6) is 1.58. The lowest BCUT2D eigenvalue weighted by molar-refractivity contribution is -0.384. The maximum atomic E-state index is 10.5. The fraction of sp³-hybridized carbons (Fsp3) is 0.571. The van der Waals surface area contributed by atoms with Gasteiger partial charge in [-0.15, -0.1) is 0 Å². The number of nitrogens with two attached hydrogens (primary N) is 1. The van der Waals surface area contributed by atoms with Crippen LogP contribution in [0, 0.1) is 10.1 Å². The number of hydrogen-bond donors (Lipinski definition) is 1. The molecule has 0 aliphatic carbocycles. The van der Waals surface area contributed by atoms with Gasteiger partial charge in [-0.1, -0.05) is 13.8 Å². The van der Waals surface area contributed by atoms with Crippen LogP contribution in [-0.2, 0) is 0 Å². The molecule has 2 N–H and O–H groups in total. The smallest absolute Gasteiger partial charge is 0.269 e. The molecular weight excluding hydrogens is 484 g/mol. The van der Waals surface area contributed by atoms with E-state index in [-0.39, 0.29) is 5.69 Å². The van der Waals surface area contributed by atoms with E-state index < -0.39 is 4.92 Å². The first kappa shape index (κ1) is 29.6. The van der Waals surface area contributed by atoms with Crippen molar-refractivity contribution in [1.29, 1.82) is 0 Å². The number of non-ortho nitro benzene ring substituents is 1. The fourth-order valence-corrected chi connectivity index (χ4v) is 4.47. The Kier molecular flexibility index (Phi) is 12.6. The Morgan fingerprint density at radius 2 is 1.05 bits per heavy atom. The summed E-state index contributed by atoms with van der Waals surface area (Å²) in [6.45, 7) is 19.0. The van der Waals surface area contributed by atoms with Gasteiger partial charge in [0.2, 0.25) is 0 Å². The average molecular weight is 529 g/mol. The van der Waals surface area contributed by atoms with Crippen molar-refractivity contribution in [2.75, 3.05) is 97.5 Å². The third-order valence-electron chi connectivity index (χ3n) is 7.10. The molecule has 0 bridgehead atoms. The molecule has 0 amide bonds. The quantitative estimate of drug-likeness (QED) is 0.268. The number of likely N-dealkylation sites (N-methyl/N-ethyl adjacent to an activating group) is 2. The van der Waals surface area contributed by atoms with Crippen LogP contribution < -0.4 is 15.2 Å². The molecule has 38 heavy (non-hydrogen) atoms. The minimum absolute atomic E-state index is 0.0908. The van der Waals surface area contributed by atoms with Crippen LogP contribution in [0.25, 0.3) is 0 Å². The van der Waals surface area contributed by atoms with Gasteiger partial charge in [-0.25, -0.2) is 0 Å². The second-order valence-corrected chi connectivity index (χ2v) is 9.57. The molecule has 0 atom stereocenters. The molecule has 0 unspecified atom stereocenters. The summed E-state index contributed by atoms with van der Waals surface area (Å²) in [5, 5.41) is 10.5. The van der Waals surface area contributed by atoms with Gasteiger partial charge in [0.05, 0.1) is 4.92 Å². The van der Waals surface area contributed by atoms with Gasteiger partial charge in [0.1, 0.15) is 24.7 Å². The van der Waals surface area contributed by atoms with E-state index in [0.717, 1.165) is 83.5 Å². The van der Waals surface area contributed by atoms with Gasteiger partial charge in [0, 0.05) is 83.3 Å². The highest BCUT2D eigenvalue weighted by Gasteiger charge is 2.16. The molecule has 2 heterocycles. The van der Waals surface area contributed by atoms with Crippen molar-refractivity contribution in [2.45, 2.75) is 13.8 Å². The van der Waals surface area contributed by atoms with Crippen molar-refractivity contribution < 1.29 is 14.4 Å². The maximum Gasteiger partial charge on any atom is 0.269 e. The molecule has 2 aliphatic rings. The van der Waals surface area contributed by atoms with Crippen LogP contribution in [0.2, 0.25) is 0 Å². The molecule has 10 heteroatoms. The molecule has 2 fully saturated rings. The van der Waals surface area contributed by atoms with Crippen LogP contribution in [0.5, 0.6) is 11.5 Å². The van der Waals surface area contributed by atoms with E-state index in [2.05, 4.69) is 33.4 Å².